The Morgan fingerprint density at radius 3 is 2.88 bits per heavy atom. The summed E-state index contributed by atoms with van der Waals surface area (Å²) in [4.78, 5) is 21.8. The van der Waals surface area contributed by atoms with Crippen LogP contribution in [0.25, 0.3) is 10.6 Å². The van der Waals surface area contributed by atoms with Crippen molar-refractivity contribution in [2.24, 2.45) is 0 Å². The second kappa shape index (κ2) is 6.50. The van der Waals surface area contributed by atoms with E-state index in [1.807, 2.05) is 11.6 Å². The maximum Gasteiger partial charge on any atom is 0.258 e. The van der Waals surface area contributed by atoms with Gasteiger partial charge in [-0.25, -0.2) is 9.97 Å². The molecule has 0 aliphatic rings. The van der Waals surface area contributed by atoms with Crippen LogP contribution in [0.15, 0.2) is 58.2 Å². The van der Waals surface area contributed by atoms with E-state index in [9.17, 15) is 4.79 Å². The van der Waals surface area contributed by atoms with Crippen molar-refractivity contribution in [2.75, 3.05) is 0 Å². The summed E-state index contributed by atoms with van der Waals surface area (Å²) in [5.74, 6) is 0.603. The SMILES string of the molecule is Cc1ccc(-n2ccnc2SCc2cc(=O)n3ccsc3n2)cc1C. The van der Waals surface area contributed by atoms with Crippen LogP contribution in [0.1, 0.15) is 16.8 Å². The molecule has 25 heavy (non-hydrogen) atoms. The van der Waals surface area contributed by atoms with Crippen LogP contribution in [0, 0.1) is 13.8 Å². The summed E-state index contributed by atoms with van der Waals surface area (Å²) in [5, 5.41) is 2.75. The number of benzene rings is 1. The first-order valence-electron chi connectivity index (χ1n) is 7.81. The molecule has 3 heterocycles. The first kappa shape index (κ1) is 16.1. The second-order valence-corrected chi connectivity index (χ2v) is 7.59. The van der Waals surface area contributed by atoms with Gasteiger partial charge in [-0.05, 0) is 37.1 Å². The molecule has 0 saturated heterocycles. The van der Waals surface area contributed by atoms with Gasteiger partial charge in [-0.2, -0.15) is 0 Å². The number of fused-ring (bicyclic) bond motifs is 1. The fraction of sp³-hybridized carbons (Fsp3) is 0.167. The number of nitrogens with zero attached hydrogens (tertiary/aromatic N) is 4. The van der Waals surface area contributed by atoms with Gasteiger partial charge in [-0.1, -0.05) is 17.8 Å². The number of hydrogen-bond acceptors (Lipinski definition) is 5. The van der Waals surface area contributed by atoms with Crippen molar-refractivity contribution in [3.8, 4) is 5.69 Å². The van der Waals surface area contributed by atoms with E-state index in [0.717, 1.165) is 21.5 Å². The Morgan fingerprint density at radius 2 is 2.04 bits per heavy atom. The number of thiazole rings is 1. The van der Waals surface area contributed by atoms with E-state index in [-0.39, 0.29) is 5.56 Å². The quantitative estimate of drug-likeness (QED) is 0.514. The molecular weight excluding hydrogens is 352 g/mol. The summed E-state index contributed by atoms with van der Waals surface area (Å²) in [7, 11) is 0. The molecule has 0 aliphatic heterocycles. The standard InChI is InChI=1S/C18H16N4OS2/c1-12-3-4-15(9-13(12)2)21-6-5-19-17(21)25-11-14-10-16(23)22-7-8-24-18(22)20-14/h3-10H,11H2,1-2H3. The average Bonchev–Trinajstić information content (AvgIpc) is 3.24. The highest BCUT2D eigenvalue weighted by molar-refractivity contribution is 7.98. The lowest BCUT2D eigenvalue weighted by molar-refractivity contribution is 0.891. The summed E-state index contributed by atoms with van der Waals surface area (Å²) in [6.45, 7) is 4.21. The van der Waals surface area contributed by atoms with Crippen LogP contribution in [0.3, 0.4) is 0 Å². The zero-order valence-electron chi connectivity index (χ0n) is 13.8. The molecule has 0 radical (unpaired) electrons. The van der Waals surface area contributed by atoms with Gasteiger partial charge in [-0.15, -0.1) is 11.3 Å². The van der Waals surface area contributed by atoms with Crippen LogP contribution in [0.4, 0.5) is 0 Å². The first-order chi connectivity index (χ1) is 12.1. The highest BCUT2D eigenvalue weighted by Crippen LogP contribution is 2.24. The van der Waals surface area contributed by atoms with E-state index in [1.54, 1.807) is 34.6 Å². The molecule has 3 aromatic heterocycles. The molecule has 0 spiro atoms. The Bertz CT molecular complexity index is 1110. The fourth-order valence-corrected chi connectivity index (χ4v) is 4.17. The van der Waals surface area contributed by atoms with Crippen molar-refractivity contribution in [1.82, 2.24) is 18.9 Å². The van der Waals surface area contributed by atoms with Gasteiger partial charge in [0.1, 0.15) is 0 Å². The number of aryl methyl sites for hydroxylation is 2. The van der Waals surface area contributed by atoms with E-state index in [4.69, 9.17) is 0 Å². The van der Waals surface area contributed by atoms with Crippen LogP contribution in [0.5, 0.6) is 0 Å². The van der Waals surface area contributed by atoms with Gasteiger partial charge in [0.05, 0.1) is 5.69 Å². The van der Waals surface area contributed by atoms with Gasteiger partial charge < -0.3 is 0 Å². The molecule has 0 unspecified atom stereocenters. The maximum atomic E-state index is 12.1. The normalized spacial score (nSPS) is 11.3. The molecule has 5 nitrogen and oxygen atoms in total. The first-order valence-corrected chi connectivity index (χ1v) is 9.68. The van der Waals surface area contributed by atoms with E-state index < -0.39 is 0 Å². The lowest BCUT2D eigenvalue weighted by Gasteiger charge is -2.09. The van der Waals surface area contributed by atoms with Gasteiger partial charge in [-0.3, -0.25) is 13.8 Å². The number of thioether (sulfide) groups is 1. The zero-order valence-corrected chi connectivity index (χ0v) is 15.5. The van der Waals surface area contributed by atoms with Crippen molar-refractivity contribution in [3.05, 3.63) is 75.4 Å². The van der Waals surface area contributed by atoms with Crippen molar-refractivity contribution in [3.63, 3.8) is 0 Å². The molecule has 0 N–H and O–H groups in total. The summed E-state index contributed by atoms with van der Waals surface area (Å²) in [5.41, 5.74) is 4.34. The fourth-order valence-electron chi connectivity index (χ4n) is 2.57. The van der Waals surface area contributed by atoms with Gasteiger partial charge in [0.15, 0.2) is 10.1 Å². The topological polar surface area (TPSA) is 52.2 Å². The van der Waals surface area contributed by atoms with Crippen molar-refractivity contribution < 1.29 is 0 Å². The van der Waals surface area contributed by atoms with E-state index in [2.05, 4.69) is 46.6 Å². The Kier molecular flexibility index (Phi) is 4.19. The highest BCUT2D eigenvalue weighted by atomic mass is 32.2. The summed E-state index contributed by atoms with van der Waals surface area (Å²) in [6, 6.07) is 7.96. The Labute approximate surface area is 153 Å². The molecule has 0 amide bonds. The molecule has 0 bridgehead atoms. The van der Waals surface area contributed by atoms with Crippen LogP contribution < -0.4 is 5.56 Å². The maximum absolute atomic E-state index is 12.1. The third-order valence-corrected chi connectivity index (χ3v) is 5.84. The molecule has 126 valence electrons. The molecule has 0 fully saturated rings. The lowest BCUT2D eigenvalue weighted by Crippen LogP contribution is -2.12. The summed E-state index contributed by atoms with van der Waals surface area (Å²) < 4.78 is 3.63. The van der Waals surface area contributed by atoms with E-state index >= 15 is 0 Å². The molecule has 1 aromatic carbocycles. The molecule has 0 saturated carbocycles. The number of rotatable bonds is 4. The van der Waals surface area contributed by atoms with E-state index in [0.29, 0.717) is 5.75 Å². The highest BCUT2D eigenvalue weighted by Gasteiger charge is 2.09. The third-order valence-electron chi connectivity index (χ3n) is 4.08. The van der Waals surface area contributed by atoms with Crippen molar-refractivity contribution in [2.45, 2.75) is 24.8 Å². The smallest absolute Gasteiger partial charge is 0.258 e. The molecule has 0 aliphatic carbocycles. The summed E-state index contributed by atoms with van der Waals surface area (Å²) >= 11 is 3.04. The predicted octanol–water partition coefficient (Wildman–Crippen LogP) is 3.85. The number of hydrogen-bond donors (Lipinski definition) is 0. The van der Waals surface area contributed by atoms with Crippen molar-refractivity contribution in [1.29, 1.82) is 0 Å². The van der Waals surface area contributed by atoms with Crippen molar-refractivity contribution >= 4 is 28.1 Å². The zero-order chi connectivity index (χ0) is 17.4. The Balaban J connectivity index is 1.60. The second-order valence-electron chi connectivity index (χ2n) is 5.78. The number of aromatic nitrogens is 4. The molecule has 7 heteroatoms. The molecular formula is C18H16N4OS2. The molecule has 4 rings (SSSR count). The minimum absolute atomic E-state index is 0.0423. The summed E-state index contributed by atoms with van der Waals surface area (Å²) in [6.07, 6.45) is 5.50. The number of imidazole rings is 1. The Hall–Kier alpha value is -2.38. The van der Waals surface area contributed by atoms with Crippen LogP contribution in [0.2, 0.25) is 0 Å². The van der Waals surface area contributed by atoms with Gasteiger partial charge >= 0.3 is 0 Å². The monoisotopic (exact) mass is 368 g/mol. The van der Waals surface area contributed by atoms with Crippen LogP contribution >= 0.6 is 23.1 Å². The average molecular weight is 368 g/mol. The van der Waals surface area contributed by atoms with Gasteiger partial charge in [0.2, 0.25) is 0 Å². The molecule has 4 aromatic rings. The minimum Gasteiger partial charge on any atom is -0.295 e. The van der Waals surface area contributed by atoms with Gasteiger partial charge in [0, 0.05) is 41.5 Å². The Morgan fingerprint density at radius 1 is 1.16 bits per heavy atom. The third kappa shape index (κ3) is 3.12. The van der Waals surface area contributed by atoms with Crippen LogP contribution in [-0.4, -0.2) is 18.9 Å². The largest absolute Gasteiger partial charge is 0.295 e. The van der Waals surface area contributed by atoms with E-state index in [1.165, 1.54) is 22.5 Å². The lowest BCUT2D eigenvalue weighted by atomic mass is 10.1. The minimum atomic E-state index is -0.0423. The molecule has 0 atom stereocenters. The van der Waals surface area contributed by atoms with Crippen LogP contribution in [-0.2, 0) is 5.75 Å². The predicted molar refractivity (Wildman–Crippen MR) is 102 cm³/mol. The van der Waals surface area contributed by atoms with Gasteiger partial charge in [0.25, 0.3) is 5.56 Å².